The van der Waals surface area contributed by atoms with Crippen molar-refractivity contribution in [1.29, 1.82) is 0 Å². The lowest BCUT2D eigenvalue weighted by atomic mass is 10.2. The van der Waals surface area contributed by atoms with Gasteiger partial charge in [-0.05, 0) is 12.1 Å². The number of nitrogens with zero attached hydrogens (tertiary/aromatic N) is 2. The molecule has 2 heterocycles. The quantitative estimate of drug-likeness (QED) is 0.511. The zero-order valence-electron chi connectivity index (χ0n) is 7.73. The molecule has 1 aliphatic heterocycles. The third kappa shape index (κ3) is 1.12. The van der Waals surface area contributed by atoms with E-state index >= 15 is 0 Å². The zero-order chi connectivity index (χ0) is 11.3. The minimum atomic E-state index is -0.783. The highest BCUT2D eigenvalue weighted by molar-refractivity contribution is 6.35. The van der Waals surface area contributed by atoms with Crippen molar-refractivity contribution in [3.05, 3.63) is 34.6 Å². The average molecular weight is 235 g/mol. The molecule has 16 heavy (non-hydrogen) atoms. The molecule has 0 aliphatic carbocycles. The Balaban J connectivity index is 2.43. The normalized spacial score (nSPS) is 14.1. The maximum Gasteiger partial charge on any atom is 0.367 e. The lowest BCUT2D eigenvalue weighted by Crippen LogP contribution is -2.00. The van der Waals surface area contributed by atoms with Gasteiger partial charge in [-0.15, -0.1) is 0 Å². The molecule has 0 saturated carbocycles. The van der Waals surface area contributed by atoms with Crippen LogP contribution in [0.5, 0.6) is 0 Å². The summed E-state index contributed by atoms with van der Waals surface area (Å²) in [5.74, 6) is -1.55. The predicted octanol–water partition coefficient (Wildman–Crippen LogP) is 1.59. The number of halogens is 1. The van der Waals surface area contributed by atoms with Gasteiger partial charge in [0.15, 0.2) is 11.4 Å². The SMILES string of the molecule is O=C1OC(=O)c2nc3c(Cl)cccc3nc21. The van der Waals surface area contributed by atoms with Gasteiger partial charge in [-0.25, -0.2) is 19.6 Å². The van der Waals surface area contributed by atoms with Crippen molar-refractivity contribution in [3.8, 4) is 0 Å². The smallest absolute Gasteiger partial charge is 0.367 e. The number of hydrogen-bond donors (Lipinski definition) is 0. The molecule has 0 bridgehead atoms. The summed E-state index contributed by atoms with van der Waals surface area (Å²) >= 11 is 5.90. The molecule has 1 aromatic heterocycles. The van der Waals surface area contributed by atoms with E-state index in [0.29, 0.717) is 16.1 Å². The topological polar surface area (TPSA) is 69.2 Å². The Morgan fingerprint density at radius 1 is 1.06 bits per heavy atom. The molecule has 2 aromatic rings. The van der Waals surface area contributed by atoms with Gasteiger partial charge in [0.1, 0.15) is 5.52 Å². The van der Waals surface area contributed by atoms with Crippen LogP contribution in [0.2, 0.25) is 5.02 Å². The number of carbonyl (C=O) groups is 2. The van der Waals surface area contributed by atoms with Gasteiger partial charge in [0.2, 0.25) is 0 Å². The Morgan fingerprint density at radius 2 is 1.75 bits per heavy atom. The van der Waals surface area contributed by atoms with Gasteiger partial charge in [0.05, 0.1) is 10.5 Å². The summed E-state index contributed by atoms with van der Waals surface area (Å²) in [5.41, 5.74) is 0.706. The number of benzene rings is 1. The minimum absolute atomic E-state index is 0.0558. The van der Waals surface area contributed by atoms with Crippen LogP contribution in [0.15, 0.2) is 18.2 Å². The molecule has 1 aliphatic rings. The lowest BCUT2D eigenvalue weighted by molar-refractivity contribution is 0.0439. The molecule has 0 radical (unpaired) electrons. The second-order valence-corrected chi connectivity index (χ2v) is 3.61. The second kappa shape index (κ2) is 2.99. The standard InChI is InChI=1S/C10H3ClN2O3/c11-4-2-1-3-5-6(4)13-8-7(12-5)9(14)16-10(8)15/h1-3H. The van der Waals surface area contributed by atoms with Crippen LogP contribution in [0.4, 0.5) is 0 Å². The van der Waals surface area contributed by atoms with Crippen molar-refractivity contribution < 1.29 is 14.3 Å². The molecule has 1 aromatic carbocycles. The number of para-hydroxylation sites is 1. The largest absolute Gasteiger partial charge is 0.383 e. The molecule has 3 rings (SSSR count). The van der Waals surface area contributed by atoms with Crippen LogP contribution >= 0.6 is 11.6 Å². The third-order valence-electron chi connectivity index (χ3n) is 2.22. The van der Waals surface area contributed by atoms with Crippen molar-refractivity contribution in [3.63, 3.8) is 0 Å². The fraction of sp³-hybridized carbons (Fsp3) is 0. The average Bonchev–Trinajstić information content (AvgIpc) is 2.53. The van der Waals surface area contributed by atoms with Crippen LogP contribution in [0.25, 0.3) is 11.0 Å². The van der Waals surface area contributed by atoms with Crippen LogP contribution in [0, 0.1) is 0 Å². The first-order chi connectivity index (χ1) is 7.66. The molecule has 0 saturated heterocycles. The molecular weight excluding hydrogens is 232 g/mol. The van der Waals surface area contributed by atoms with Gasteiger partial charge in [-0.1, -0.05) is 17.7 Å². The minimum Gasteiger partial charge on any atom is -0.383 e. The Hall–Kier alpha value is -2.01. The number of carbonyl (C=O) groups excluding carboxylic acids is 2. The highest BCUT2D eigenvalue weighted by Crippen LogP contribution is 2.24. The fourth-order valence-corrected chi connectivity index (χ4v) is 1.72. The Kier molecular flexibility index (Phi) is 1.73. The second-order valence-electron chi connectivity index (χ2n) is 3.21. The third-order valence-corrected chi connectivity index (χ3v) is 2.52. The molecule has 5 nitrogen and oxygen atoms in total. The number of esters is 2. The summed E-state index contributed by atoms with van der Waals surface area (Å²) in [6.07, 6.45) is 0. The number of rotatable bonds is 0. The Morgan fingerprint density at radius 3 is 2.50 bits per heavy atom. The Labute approximate surface area is 94.0 Å². The molecule has 78 valence electrons. The summed E-state index contributed by atoms with van der Waals surface area (Å²) in [5, 5.41) is 0.375. The van der Waals surface area contributed by atoms with Crippen molar-refractivity contribution in [1.82, 2.24) is 9.97 Å². The molecule has 0 atom stereocenters. The van der Waals surface area contributed by atoms with E-state index in [2.05, 4.69) is 14.7 Å². The first kappa shape index (κ1) is 9.23. The van der Waals surface area contributed by atoms with E-state index in [0.717, 1.165) is 0 Å². The van der Waals surface area contributed by atoms with E-state index in [1.54, 1.807) is 18.2 Å². The van der Waals surface area contributed by atoms with E-state index in [-0.39, 0.29) is 11.4 Å². The van der Waals surface area contributed by atoms with Crippen LogP contribution in [-0.2, 0) is 4.74 Å². The molecule has 0 amide bonds. The van der Waals surface area contributed by atoms with Gasteiger partial charge >= 0.3 is 11.9 Å². The van der Waals surface area contributed by atoms with E-state index in [1.165, 1.54) is 0 Å². The summed E-state index contributed by atoms with van der Waals surface area (Å²) < 4.78 is 4.40. The molecule has 0 N–H and O–H groups in total. The van der Waals surface area contributed by atoms with Crippen molar-refractivity contribution >= 4 is 34.6 Å². The van der Waals surface area contributed by atoms with E-state index < -0.39 is 11.9 Å². The van der Waals surface area contributed by atoms with Crippen molar-refractivity contribution in [2.45, 2.75) is 0 Å². The molecular formula is C10H3ClN2O3. The van der Waals surface area contributed by atoms with Crippen molar-refractivity contribution in [2.75, 3.05) is 0 Å². The highest BCUT2D eigenvalue weighted by Gasteiger charge is 2.33. The van der Waals surface area contributed by atoms with Gasteiger partial charge in [0.25, 0.3) is 0 Å². The summed E-state index contributed by atoms with van der Waals surface area (Å²) in [6.45, 7) is 0. The lowest BCUT2D eigenvalue weighted by Gasteiger charge is -1.99. The maximum absolute atomic E-state index is 11.2. The van der Waals surface area contributed by atoms with Crippen LogP contribution in [0.3, 0.4) is 0 Å². The Bertz CT molecular complexity index is 654. The monoisotopic (exact) mass is 234 g/mol. The van der Waals surface area contributed by atoms with Gasteiger partial charge < -0.3 is 4.74 Å². The van der Waals surface area contributed by atoms with Crippen LogP contribution < -0.4 is 0 Å². The number of hydrogen-bond acceptors (Lipinski definition) is 5. The van der Waals surface area contributed by atoms with Crippen LogP contribution in [-0.4, -0.2) is 21.9 Å². The van der Waals surface area contributed by atoms with Gasteiger partial charge in [0, 0.05) is 0 Å². The predicted molar refractivity (Wildman–Crippen MR) is 54.3 cm³/mol. The highest BCUT2D eigenvalue weighted by atomic mass is 35.5. The first-order valence-corrected chi connectivity index (χ1v) is 4.77. The molecule has 0 fully saturated rings. The number of fused-ring (bicyclic) bond motifs is 2. The molecule has 0 unspecified atom stereocenters. The van der Waals surface area contributed by atoms with Crippen molar-refractivity contribution in [2.24, 2.45) is 0 Å². The summed E-state index contributed by atoms with van der Waals surface area (Å²) in [4.78, 5) is 30.5. The number of ether oxygens (including phenoxy) is 1. The first-order valence-electron chi connectivity index (χ1n) is 4.39. The zero-order valence-corrected chi connectivity index (χ0v) is 8.49. The van der Waals surface area contributed by atoms with Crippen LogP contribution in [0.1, 0.15) is 21.0 Å². The molecule has 0 spiro atoms. The number of aromatic nitrogens is 2. The summed E-state index contributed by atoms with van der Waals surface area (Å²) in [7, 11) is 0. The molecule has 6 heteroatoms. The van der Waals surface area contributed by atoms with E-state index in [1.807, 2.05) is 0 Å². The number of cyclic esters (lactones) is 2. The van der Waals surface area contributed by atoms with E-state index in [9.17, 15) is 9.59 Å². The fourth-order valence-electron chi connectivity index (χ4n) is 1.51. The maximum atomic E-state index is 11.2. The van der Waals surface area contributed by atoms with E-state index in [4.69, 9.17) is 11.6 Å². The summed E-state index contributed by atoms with van der Waals surface area (Å²) in [6, 6.07) is 4.98. The van der Waals surface area contributed by atoms with Gasteiger partial charge in [-0.2, -0.15) is 0 Å². The van der Waals surface area contributed by atoms with Gasteiger partial charge in [-0.3, -0.25) is 0 Å².